The van der Waals surface area contributed by atoms with E-state index in [-0.39, 0.29) is 24.0 Å². The van der Waals surface area contributed by atoms with Crippen molar-refractivity contribution >= 4 is 29.9 Å². The van der Waals surface area contributed by atoms with Crippen LogP contribution >= 0.6 is 24.0 Å². The van der Waals surface area contributed by atoms with Gasteiger partial charge in [-0.25, -0.2) is 0 Å². The number of nitrogens with one attached hydrogen (secondary N) is 1. The van der Waals surface area contributed by atoms with E-state index >= 15 is 0 Å². The molecular weight excluding hydrogens is 407 g/mol. The van der Waals surface area contributed by atoms with E-state index in [4.69, 9.17) is 9.47 Å². The molecule has 1 heterocycles. The molecule has 1 aliphatic heterocycles. The molecule has 136 valence electrons. The minimum absolute atomic E-state index is 0. The molecule has 1 atom stereocenters. The van der Waals surface area contributed by atoms with Crippen LogP contribution in [0.25, 0.3) is 0 Å². The minimum Gasteiger partial charge on any atom is -0.383 e. The fraction of sp³-hybridized carbons (Fsp3) is 0.938. The molecule has 2 rings (SSSR count). The van der Waals surface area contributed by atoms with Gasteiger partial charge in [-0.3, -0.25) is 9.89 Å². The average Bonchev–Trinajstić information content (AvgIpc) is 3.24. The first kappa shape index (κ1) is 20.9. The van der Waals surface area contributed by atoms with Gasteiger partial charge in [-0.2, -0.15) is 0 Å². The zero-order valence-corrected chi connectivity index (χ0v) is 17.1. The lowest BCUT2D eigenvalue weighted by Gasteiger charge is -2.26. The SMILES string of the molecule is CN=C(NCCN(CCOC)C1CC1)N(C)CC1CCOC1.I. The van der Waals surface area contributed by atoms with Gasteiger partial charge in [0.05, 0.1) is 13.2 Å². The van der Waals surface area contributed by atoms with E-state index in [9.17, 15) is 0 Å². The molecule has 23 heavy (non-hydrogen) atoms. The molecule has 1 aliphatic carbocycles. The number of ether oxygens (including phenoxy) is 2. The molecule has 1 N–H and O–H groups in total. The Morgan fingerprint density at radius 2 is 2.09 bits per heavy atom. The van der Waals surface area contributed by atoms with Crippen molar-refractivity contribution in [3.63, 3.8) is 0 Å². The summed E-state index contributed by atoms with van der Waals surface area (Å²) >= 11 is 0. The summed E-state index contributed by atoms with van der Waals surface area (Å²) in [5.41, 5.74) is 0. The highest BCUT2D eigenvalue weighted by Crippen LogP contribution is 2.25. The monoisotopic (exact) mass is 440 g/mol. The van der Waals surface area contributed by atoms with Crippen molar-refractivity contribution in [3.8, 4) is 0 Å². The second-order valence-electron chi connectivity index (χ2n) is 6.34. The number of nitrogens with zero attached hydrogens (tertiary/aromatic N) is 3. The van der Waals surface area contributed by atoms with E-state index in [0.717, 1.165) is 64.4 Å². The molecule has 6 nitrogen and oxygen atoms in total. The van der Waals surface area contributed by atoms with E-state index in [1.807, 2.05) is 7.05 Å². The number of aliphatic imine (C=N–C) groups is 1. The van der Waals surface area contributed by atoms with E-state index in [1.54, 1.807) is 7.11 Å². The molecule has 0 aromatic carbocycles. The van der Waals surface area contributed by atoms with E-state index in [2.05, 4.69) is 27.2 Å². The van der Waals surface area contributed by atoms with Crippen LogP contribution in [-0.2, 0) is 9.47 Å². The Kier molecular flexibility index (Phi) is 10.4. The van der Waals surface area contributed by atoms with Crippen LogP contribution in [0, 0.1) is 5.92 Å². The van der Waals surface area contributed by atoms with Crippen LogP contribution in [0.1, 0.15) is 19.3 Å². The minimum atomic E-state index is 0. The summed E-state index contributed by atoms with van der Waals surface area (Å²) in [6.45, 7) is 6.61. The molecular formula is C16H33IN4O2. The smallest absolute Gasteiger partial charge is 0.193 e. The Hall–Kier alpha value is -0.120. The van der Waals surface area contributed by atoms with Crippen molar-refractivity contribution in [2.45, 2.75) is 25.3 Å². The molecule has 1 unspecified atom stereocenters. The van der Waals surface area contributed by atoms with Crippen LogP contribution in [0.4, 0.5) is 0 Å². The zero-order valence-electron chi connectivity index (χ0n) is 14.8. The van der Waals surface area contributed by atoms with Gasteiger partial charge in [0.1, 0.15) is 0 Å². The number of methoxy groups -OCH3 is 1. The second kappa shape index (κ2) is 11.4. The van der Waals surface area contributed by atoms with Crippen LogP contribution in [0.2, 0.25) is 0 Å². The summed E-state index contributed by atoms with van der Waals surface area (Å²) in [5, 5.41) is 3.49. The summed E-state index contributed by atoms with van der Waals surface area (Å²) in [5.74, 6) is 1.61. The lowest BCUT2D eigenvalue weighted by atomic mass is 10.1. The van der Waals surface area contributed by atoms with Crippen LogP contribution in [0.15, 0.2) is 4.99 Å². The fourth-order valence-corrected chi connectivity index (χ4v) is 3.02. The summed E-state index contributed by atoms with van der Waals surface area (Å²) in [4.78, 5) is 9.14. The third-order valence-electron chi connectivity index (χ3n) is 4.46. The average molecular weight is 440 g/mol. The number of hydrogen-bond donors (Lipinski definition) is 1. The van der Waals surface area contributed by atoms with Crippen molar-refractivity contribution in [2.75, 3.05) is 67.2 Å². The Morgan fingerprint density at radius 1 is 1.30 bits per heavy atom. The van der Waals surface area contributed by atoms with Gasteiger partial charge in [0.25, 0.3) is 0 Å². The van der Waals surface area contributed by atoms with E-state index in [0.29, 0.717) is 5.92 Å². The van der Waals surface area contributed by atoms with Gasteiger partial charge >= 0.3 is 0 Å². The molecule has 1 saturated carbocycles. The molecule has 0 aromatic heterocycles. The first-order valence-corrected chi connectivity index (χ1v) is 8.47. The van der Waals surface area contributed by atoms with Gasteiger partial charge in [-0.05, 0) is 19.3 Å². The molecule has 7 heteroatoms. The van der Waals surface area contributed by atoms with E-state index < -0.39 is 0 Å². The van der Waals surface area contributed by atoms with Gasteiger partial charge in [-0.1, -0.05) is 0 Å². The van der Waals surface area contributed by atoms with Gasteiger partial charge in [0.15, 0.2) is 5.96 Å². The number of halogens is 1. The number of rotatable bonds is 9. The van der Waals surface area contributed by atoms with Crippen LogP contribution < -0.4 is 5.32 Å². The maximum Gasteiger partial charge on any atom is 0.193 e. The molecule has 1 saturated heterocycles. The molecule has 2 aliphatic rings. The summed E-state index contributed by atoms with van der Waals surface area (Å²) in [6, 6.07) is 0.771. The first-order chi connectivity index (χ1) is 10.7. The second-order valence-corrected chi connectivity index (χ2v) is 6.34. The van der Waals surface area contributed by atoms with Gasteiger partial charge in [0.2, 0.25) is 0 Å². The largest absolute Gasteiger partial charge is 0.383 e. The molecule has 0 amide bonds. The Bertz CT molecular complexity index is 347. The predicted molar refractivity (Wildman–Crippen MR) is 105 cm³/mol. The Balaban J connectivity index is 0.00000264. The lowest BCUT2D eigenvalue weighted by Crippen LogP contribution is -2.45. The molecule has 0 aromatic rings. The topological polar surface area (TPSA) is 49.3 Å². The zero-order chi connectivity index (χ0) is 15.8. The highest BCUT2D eigenvalue weighted by atomic mass is 127. The highest BCUT2D eigenvalue weighted by Gasteiger charge is 2.28. The fourth-order valence-electron chi connectivity index (χ4n) is 3.02. The normalized spacial score (nSPS) is 21.4. The van der Waals surface area contributed by atoms with Gasteiger partial charge < -0.3 is 19.7 Å². The number of guanidine groups is 1. The standard InChI is InChI=1S/C16H32N4O2.HI/c1-17-16(19(2)12-14-6-10-22-13-14)18-7-8-20(9-11-21-3)15-4-5-15;/h14-15H,4-13H2,1-3H3,(H,17,18);1H. The maximum atomic E-state index is 5.45. The van der Waals surface area contributed by atoms with Crippen LogP contribution in [0.3, 0.4) is 0 Å². The lowest BCUT2D eigenvalue weighted by molar-refractivity contribution is 0.144. The Labute approximate surface area is 158 Å². The van der Waals surface area contributed by atoms with E-state index in [1.165, 1.54) is 12.8 Å². The van der Waals surface area contributed by atoms with Gasteiger partial charge in [0, 0.05) is 66.0 Å². The van der Waals surface area contributed by atoms with Crippen molar-refractivity contribution in [3.05, 3.63) is 0 Å². The van der Waals surface area contributed by atoms with Crippen LogP contribution in [-0.4, -0.2) is 89.0 Å². The van der Waals surface area contributed by atoms with Gasteiger partial charge in [-0.15, -0.1) is 24.0 Å². The van der Waals surface area contributed by atoms with Crippen molar-refractivity contribution in [2.24, 2.45) is 10.9 Å². The predicted octanol–water partition coefficient (Wildman–Crippen LogP) is 1.26. The molecule has 2 fully saturated rings. The van der Waals surface area contributed by atoms with Crippen molar-refractivity contribution in [1.29, 1.82) is 0 Å². The molecule has 0 bridgehead atoms. The van der Waals surface area contributed by atoms with Crippen molar-refractivity contribution in [1.82, 2.24) is 15.1 Å². The number of hydrogen-bond acceptors (Lipinski definition) is 4. The van der Waals surface area contributed by atoms with Crippen LogP contribution in [0.5, 0.6) is 0 Å². The third kappa shape index (κ3) is 7.53. The first-order valence-electron chi connectivity index (χ1n) is 8.47. The maximum absolute atomic E-state index is 5.45. The highest BCUT2D eigenvalue weighted by molar-refractivity contribution is 14.0. The van der Waals surface area contributed by atoms with Crippen molar-refractivity contribution < 1.29 is 9.47 Å². The Morgan fingerprint density at radius 3 is 2.65 bits per heavy atom. The summed E-state index contributed by atoms with van der Waals surface area (Å²) in [6.07, 6.45) is 3.83. The summed E-state index contributed by atoms with van der Waals surface area (Å²) in [7, 11) is 5.73. The molecule has 0 radical (unpaired) electrons. The molecule has 0 spiro atoms. The quantitative estimate of drug-likeness (QED) is 0.333. The third-order valence-corrected chi connectivity index (χ3v) is 4.46. The summed E-state index contributed by atoms with van der Waals surface area (Å²) < 4.78 is 10.7.